The molecule has 2 rings (SSSR count). The molecule has 0 heterocycles. The molecule has 0 fully saturated rings. The number of carbonyl (C=O) groups is 1. The molecule has 2 aromatic carbocycles. The Morgan fingerprint density at radius 1 is 1.08 bits per heavy atom. The molecule has 0 atom stereocenters. The van der Waals surface area contributed by atoms with Crippen molar-refractivity contribution in [1.82, 2.24) is 0 Å². The van der Waals surface area contributed by atoms with Gasteiger partial charge in [0.15, 0.2) is 0 Å². The first-order valence-corrected chi connectivity index (χ1v) is 9.11. The number of ether oxygens (including phenoxy) is 2. The Balaban J connectivity index is 1.99. The van der Waals surface area contributed by atoms with Crippen LogP contribution in [0.15, 0.2) is 61.2 Å². The van der Waals surface area contributed by atoms with Crippen LogP contribution >= 0.6 is 0 Å². The van der Waals surface area contributed by atoms with E-state index in [0.717, 1.165) is 12.8 Å². The lowest BCUT2D eigenvalue weighted by Crippen LogP contribution is -2.14. The maximum Gasteiger partial charge on any atom is 0.259 e. The Bertz CT molecular complexity index is 712. The Morgan fingerprint density at radius 3 is 2.73 bits per heavy atom. The van der Waals surface area contributed by atoms with E-state index in [-0.39, 0.29) is 5.91 Å². The minimum absolute atomic E-state index is 0.199. The van der Waals surface area contributed by atoms with E-state index in [1.807, 2.05) is 36.4 Å². The van der Waals surface area contributed by atoms with Crippen molar-refractivity contribution in [2.24, 2.45) is 0 Å². The number of rotatable bonds is 11. The smallest absolute Gasteiger partial charge is 0.259 e. The number of carbonyl (C=O) groups excluding carboxylic acids is 1. The van der Waals surface area contributed by atoms with Crippen molar-refractivity contribution >= 4 is 11.6 Å². The maximum absolute atomic E-state index is 12.6. The van der Waals surface area contributed by atoms with Crippen LogP contribution in [0.3, 0.4) is 0 Å². The van der Waals surface area contributed by atoms with Crippen molar-refractivity contribution < 1.29 is 14.3 Å². The summed E-state index contributed by atoms with van der Waals surface area (Å²) in [5.41, 5.74) is 1.20. The fourth-order valence-electron chi connectivity index (χ4n) is 2.51. The summed E-state index contributed by atoms with van der Waals surface area (Å²) in [5, 5.41) is 2.90. The number of hydrogen-bond donors (Lipinski definition) is 1. The summed E-state index contributed by atoms with van der Waals surface area (Å²) in [6.07, 6.45) is 6.21. The van der Waals surface area contributed by atoms with Crippen LogP contribution in [0.25, 0.3) is 0 Å². The van der Waals surface area contributed by atoms with Gasteiger partial charge in [0, 0.05) is 11.8 Å². The van der Waals surface area contributed by atoms with Crippen LogP contribution in [0, 0.1) is 0 Å². The van der Waals surface area contributed by atoms with Crippen LogP contribution in [0.1, 0.15) is 43.0 Å². The lowest BCUT2D eigenvalue weighted by Gasteiger charge is -2.12. The molecule has 0 bridgehead atoms. The minimum atomic E-state index is -0.199. The standard InChI is InChI=1S/C22H27NO3/c1-3-5-6-9-16-26-21-14-8-7-13-20(21)22(24)23-18-11-10-12-19(17-18)25-15-4-2/h4,7-8,10-14,17H,2-3,5-6,9,15-16H2,1H3,(H,23,24). The van der Waals surface area contributed by atoms with Gasteiger partial charge in [0.25, 0.3) is 5.91 Å². The van der Waals surface area contributed by atoms with Crippen molar-refractivity contribution in [3.8, 4) is 11.5 Å². The molecule has 0 spiro atoms. The highest BCUT2D eigenvalue weighted by molar-refractivity contribution is 6.06. The van der Waals surface area contributed by atoms with Gasteiger partial charge in [-0.05, 0) is 30.7 Å². The number of anilines is 1. The van der Waals surface area contributed by atoms with Crippen LogP contribution in [-0.4, -0.2) is 19.1 Å². The predicted molar refractivity (Wildman–Crippen MR) is 106 cm³/mol. The highest BCUT2D eigenvalue weighted by Crippen LogP contribution is 2.22. The number of hydrogen-bond acceptors (Lipinski definition) is 3. The van der Waals surface area contributed by atoms with Crippen molar-refractivity contribution in [3.63, 3.8) is 0 Å². The third kappa shape index (κ3) is 6.28. The van der Waals surface area contributed by atoms with Gasteiger partial charge in [0.05, 0.1) is 12.2 Å². The van der Waals surface area contributed by atoms with E-state index in [0.29, 0.717) is 36.0 Å². The Morgan fingerprint density at radius 2 is 1.92 bits per heavy atom. The van der Waals surface area contributed by atoms with Gasteiger partial charge in [-0.3, -0.25) is 4.79 Å². The topological polar surface area (TPSA) is 47.6 Å². The van der Waals surface area contributed by atoms with E-state index < -0.39 is 0 Å². The monoisotopic (exact) mass is 353 g/mol. The molecule has 1 N–H and O–H groups in total. The Kier molecular flexibility index (Phi) is 8.27. The number of unbranched alkanes of at least 4 members (excludes halogenated alkanes) is 3. The van der Waals surface area contributed by atoms with E-state index >= 15 is 0 Å². The van der Waals surface area contributed by atoms with Crippen molar-refractivity contribution in [2.75, 3.05) is 18.5 Å². The molecule has 26 heavy (non-hydrogen) atoms. The van der Waals surface area contributed by atoms with Crippen molar-refractivity contribution in [1.29, 1.82) is 0 Å². The molecule has 4 nitrogen and oxygen atoms in total. The summed E-state index contributed by atoms with van der Waals surface area (Å²) in [6.45, 7) is 6.85. The van der Waals surface area contributed by atoms with Gasteiger partial charge in [-0.25, -0.2) is 0 Å². The molecule has 0 aliphatic carbocycles. The lowest BCUT2D eigenvalue weighted by molar-refractivity contribution is 0.102. The average molecular weight is 353 g/mol. The number of benzene rings is 2. The molecule has 0 unspecified atom stereocenters. The van der Waals surface area contributed by atoms with Gasteiger partial charge in [-0.2, -0.15) is 0 Å². The zero-order valence-electron chi connectivity index (χ0n) is 15.4. The summed E-state index contributed by atoms with van der Waals surface area (Å²) in [6, 6.07) is 14.6. The van der Waals surface area contributed by atoms with Gasteiger partial charge in [-0.15, -0.1) is 0 Å². The van der Waals surface area contributed by atoms with E-state index in [4.69, 9.17) is 9.47 Å². The largest absolute Gasteiger partial charge is 0.493 e. The highest BCUT2D eigenvalue weighted by atomic mass is 16.5. The summed E-state index contributed by atoms with van der Waals surface area (Å²) >= 11 is 0. The molecule has 0 saturated carbocycles. The second kappa shape index (κ2) is 11.0. The quantitative estimate of drug-likeness (QED) is 0.431. The normalized spacial score (nSPS) is 10.2. The fourth-order valence-corrected chi connectivity index (χ4v) is 2.51. The fraction of sp³-hybridized carbons (Fsp3) is 0.318. The highest BCUT2D eigenvalue weighted by Gasteiger charge is 2.12. The van der Waals surface area contributed by atoms with Crippen molar-refractivity contribution in [2.45, 2.75) is 32.6 Å². The molecule has 0 aliphatic heterocycles. The zero-order chi connectivity index (χ0) is 18.6. The second-order valence-corrected chi connectivity index (χ2v) is 5.99. The molecule has 138 valence electrons. The first kappa shape index (κ1) is 19.6. The van der Waals surface area contributed by atoms with E-state index in [1.54, 1.807) is 18.2 Å². The van der Waals surface area contributed by atoms with E-state index in [1.165, 1.54) is 12.8 Å². The molecular formula is C22H27NO3. The SMILES string of the molecule is C=CCOc1cccc(NC(=O)c2ccccc2OCCCCCC)c1. The lowest BCUT2D eigenvalue weighted by atomic mass is 10.1. The van der Waals surface area contributed by atoms with E-state index in [9.17, 15) is 4.79 Å². The Labute approximate surface area is 155 Å². The zero-order valence-corrected chi connectivity index (χ0v) is 15.4. The van der Waals surface area contributed by atoms with E-state index in [2.05, 4.69) is 18.8 Å². The molecule has 0 saturated heterocycles. The van der Waals surface area contributed by atoms with Gasteiger partial charge in [0.1, 0.15) is 18.1 Å². The predicted octanol–water partition coefficient (Wildman–Crippen LogP) is 5.46. The minimum Gasteiger partial charge on any atom is -0.493 e. The molecule has 0 radical (unpaired) electrons. The molecule has 2 aromatic rings. The van der Waals surface area contributed by atoms with Crippen LogP contribution in [-0.2, 0) is 0 Å². The third-order valence-electron chi connectivity index (χ3n) is 3.85. The van der Waals surface area contributed by atoms with Gasteiger partial charge < -0.3 is 14.8 Å². The van der Waals surface area contributed by atoms with Crippen LogP contribution in [0.5, 0.6) is 11.5 Å². The van der Waals surface area contributed by atoms with Crippen LogP contribution < -0.4 is 14.8 Å². The van der Waals surface area contributed by atoms with Gasteiger partial charge >= 0.3 is 0 Å². The molecule has 0 aliphatic rings. The average Bonchev–Trinajstić information content (AvgIpc) is 2.67. The first-order chi connectivity index (χ1) is 12.7. The third-order valence-corrected chi connectivity index (χ3v) is 3.85. The summed E-state index contributed by atoms with van der Waals surface area (Å²) in [7, 11) is 0. The summed E-state index contributed by atoms with van der Waals surface area (Å²) in [5.74, 6) is 1.10. The maximum atomic E-state index is 12.6. The second-order valence-electron chi connectivity index (χ2n) is 5.99. The van der Waals surface area contributed by atoms with Gasteiger partial charge in [0.2, 0.25) is 0 Å². The number of nitrogens with one attached hydrogen (secondary N) is 1. The van der Waals surface area contributed by atoms with Crippen LogP contribution in [0.2, 0.25) is 0 Å². The molecule has 4 heteroatoms. The van der Waals surface area contributed by atoms with Crippen molar-refractivity contribution in [3.05, 3.63) is 66.7 Å². The summed E-state index contributed by atoms with van der Waals surface area (Å²) in [4.78, 5) is 12.6. The van der Waals surface area contributed by atoms with Crippen LogP contribution in [0.4, 0.5) is 5.69 Å². The molecular weight excluding hydrogens is 326 g/mol. The summed E-state index contributed by atoms with van der Waals surface area (Å²) < 4.78 is 11.3. The number of para-hydroxylation sites is 1. The molecule has 1 amide bonds. The number of amides is 1. The Hall–Kier alpha value is -2.75. The first-order valence-electron chi connectivity index (χ1n) is 9.11. The molecule has 0 aromatic heterocycles. The van der Waals surface area contributed by atoms with Gasteiger partial charge in [-0.1, -0.05) is 57.0 Å².